The second-order valence-electron chi connectivity index (χ2n) is 6.97. The predicted octanol–water partition coefficient (Wildman–Crippen LogP) is 3.38. The minimum Gasteiger partial charge on any atom is -0.375 e. The van der Waals surface area contributed by atoms with Gasteiger partial charge in [0.05, 0.1) is 29.6 Å². The van der Waals surface area contributed by atoms with E-state index in [1.807, 2.05) is 6.92 Å². The van der Waals surface area contributed by atoms with Crippen molar-refractivity contribution in [1.29, 1.82) is 0 Å². The average molecular weight is 418 g/mol. The molecule has 1 unspecified atom stereocenters. The molecule has 0 bridgehead atoms. The summed E-state index contributed by atoms with van der Waals surface area (Å²) in [6.07, 6.45) is 5.78. The van der Waals surface area contributed by atoms with Crippen LogP contribution in [0.15, 0.2) is 24.7 Å². The molecule has 1 N–H and O–H groups in total. The monoisotopic (exact) mass is 417 g/mol. The second kappa shape index (κ2) is 8.42. The number of fused-ring (bicyclic) bond motifs is 1. The number of amides is 1. The molecule has 9 heteroatoms. The number of carbonyl (C=O) groups is 1. The first-order valence-electron chi connectivity index (χ1n) is 9.59. The molecule has 0 radical (unpaired) electrons. The fourth-order valence-electron chi connectivity index (χ4n) is 3.51. The molecule has 29 heavy (non-hydrogen) atoms. The van der Waals surface area contributed by atoms with Gasteiger partial charge in [0.2, 0.25) is 5.91 Å². The van der Waals surface area contributed by atoms with Crippen molar-refractivity contribution < 1.29 is 13.9 Å². The number of ether oxygens (including phenoxy) is 1. The zero-order chi connectivity index (χ0) is 20.4. The van der Waals surface area contributed by atoms with E-state index in [1.54, 1.807) is 23.4 Å². The normalized spacial score (nSPS) is 17.1. The lowest BCUT2D eigenvalue weighted by atomic mass is 10.1. The molecule has 1 aliphatic rings. The van der Waals surface area contributed by atoms with Gasteiger partial charge in [0.15, 0.2) is 11.6 Å². The van der Waals surface area contributed by atoms with Crippen molar-refractivity contribution in [2.75, 3.05) is 19.7 Å². The molecule has 0 saturated carbocycles. The van der Waals surface area contributed by atoms with E-state index in [4.69, 9.17) is 16.3 Å². The number of aromatic amines is 1. The number of H-pyrrole nitrogens is 1. The summed E-state index contributed by atoms with van der Waals surface area (Å²) in [5, 5.41) is 1.28. The topological polar surface area (TPSA) is 84.0 Å². The maximum atomic E-state index is 14.3. The van der Waals surface area contributed by atoms with Crippen LogP contribution in [0.4, 0.5) is 4.39 Å². The van der Waals surface area contributed by atoms with E-state index in [0.29, 0.717) is 66.7 Å². The van der Waals surface area contributed by atoms with Crippen LogP contribution in [0, 0.1) is 5.82 Å². The minimum atomic E-state index is -0.456. The van der Waals surface area contributed by atoms with Crippen LogP contribution in [0.3, 0.4) is 0 Å². The molecule has 3 aromatic rings. The molecule has 7 nitrogen and oxygen atoms in total. The summed E-state index contributed by atoms with van der Waals surface area (Å²) in [6.45, 7) is 3.47. The number of nitrogens with zero attached hydrogens (tertiary/aromatic N) is 4. The Kier molecular flexibility index (Phi) is 5.73. The number of halogens is 2. The minimum absolute atomic E-state index is 0.111. The summed E-state index contributed by atoms with van der Waals surface area (Å²) >= 11 is 6.05. The van der Waals surface area contributed by atoms with Crippen LogP contribution in [0.25, 0.3) is 22.4 Å². The Balaban J connectivity index is 1.51. The van der Waals surface area contributed by atoms with Crippen LogP contribution in [0.2, 0.25) is 5.02 Å². The van der Waals surface area contributed by atoms with Crippen molar-refractivity contribution >= 4 is 28.5 Å². The Morgan fingerprint density at radius 2 is 2.28 bits per heavy atom. The van der Waals surface area contributed by atoms with Gasteiger partial charge in [-0.1, -0.05) is 18.5 Å². The molecule has 1 fully saturated rings. The SMILES string of the molecule is CCC(=O)N1CCOC(CCc2nc(-c3c[nH]c4ncc(Cl)cc34)ncc2F)C1. The first kappa shape index (κ1) is 19.7. The first-order valence-corrected chi connectivity index (χ1v) is 9.96. The molecular weight excluding hydrogens is 397 g/mol. The fourth-order valence-corrected chi connectivity index (χ4v) is 3.67. The Morgan fingerprint density at radius 1 is 1.41 bits per heavy atom. The van der Waals surface area contributed by atoms with Gasteiger partial charge in [0, 0.05) is 42.9 Å². The van der Waals surface area contributed by atoms with Gasteiger partial charge in [-0.25, -0.2) is 19.3 Å². The van der Waals surface area contributed by atoms with Crippen molar-refractivity contribution in [1.82, 2.24) is 24.8 Å². The number of carbonyl (C=O) groups excluding carboxylic acids is 1. The molecule has 3 aromatic heterocycles. The highest BCUT2D eigenvalue weighted by Crippen LogP contribution is 2.27. The summed E-state index contributed by atoms with van der Waals surface area (Å²) in [5.74, 6) is 0.0616. The van der Waals surface area contributed by atoms with Crippen LogP contribution in [0.5, 0.6) is 0 Å². The third-order valence-corrected chi connectivity index (χ3v) is 5.26. The van der Waals surface area contributed by atoms with E-state index in [9.17, 15) is 9.18 Å². The summed E-state index contributed by atoms with van der Waals surface area (Å²) in [5.41, 5.74) is 1.70. The van der Waals surface area contributed by atoms with Gasteiger partial charge in [0.1, 0.15) is 5.65 Å². The highest BCUT2D eigenvalue weighted by atomic mass is 35.5. The second-order valence-corrected chi connectivity index (χ2v) is 7.40. The highest BCUT2D eigenvalue weighted by Gasteiger charge is 2.24. The van der Waals surface area contributed by atoms with Gasteiger partial charge in [-0.15, -0.1) is 0 Å². The van der Waals surface area contributed by atoms with Gasteiger partial charge >= 0.3 is 0 Å². The molecule has 1 atom stereocenters. The maximum absolute atomic E-state index is 14.3. The number of pyridine rings is 1. The zero-order valence-corrected chi connectivity index (χ0v) is 16.7. The standard InChI is InChI=1S/C20H21ClFN5O2/c1-2-18(28)27-5-6-29-13(11-27)3-4-17-16(22)10-25-20(26-17)15-9-24-19-14(15)7-12(21)8-23-19/h7-10,13H,2-6,11H2,1H3,(H,23,24). The quantitative estimate of drug-likeness (QED) is 0.688. The fraction of sp³-hybridized carbons (Fsp3) is 0.400. The number of rotatable bonds is 5. The molecule has 1 aliphatic heterocycles. The summed E-state index contributed by atoms with van der Waals surface area (Å²) in [7, 11) is 0. The van der Waals surface area contributed by atoms with Crippen LogP contribution in [0.1, 0.15) is 25.5 Å². The van der Waals surface area contributed by atoms with Crippen molar-refractivity contribution in [2.45, 2.75) is 32.3 Å². The van der Waals surface area contributed by atoms with Gasteiger partial charge in [-0.2, -0.15) is 0 Å². The van der Waals surface area contributed by atoms with Gasteiger partial charge < -0.3 is 14.6 Å². The molecule has 1 amide bonds. The lowest BCUT2D eigenvalue weighted by Gasteiger charge is -2.32. The molecular formula is C20H21ClFN5O2. The van der Waals surface area contributed by atoms with Crippen molar-refractivity contribution in [3.8, 4) is 11.4 Å². The number of aryl methyl sites for hydroxylation is 1. The van der Waals surface area contributed by atoms with E-state index >= 15 is 0 Å². The van der Waals surface area contributed by atoms with Crippen LogP contribution in [-0.2, 0) is 16.0 Å². The molecule has 4 heterocycles. The Labute approximate surface area is 172 Å². The largest absolute Gasteiger partial charge is 0.375 e. The van der Waals surface area contributed by atoms with Gasteiger partial charge in [-0.3, -0.25) is 4.79 Å². The molecule has 0 aromatic carbocycles. The van der Waals surface area contributed by atoms with Gasteiger partial charge in [-0.05, 0) is 18.9 Å². The Bertz CT molecular complexity index is 1040. The predicted molar refractivity (Wildman–Crippen MR) is 107 cm³/mol. The van der Waals surface area contributed by atoms with E-state index in [-0.39, 0.29) is 12.0 Å². The molecule has 0 spiro atoms. The third kappa shape index (κ3) is 4.23. The van der Waals surface area contributed by atoms with Crippen molar-refractivity contribution in [2.24, 2.45) is 0 Å². The van der Waals surface area contributed by atoms with Crippen LogP contribution >= 0.6 is 11.6 Å². The van der Waals surface area contributed by atoms with E-state index in [0.717, 1.165) is 5.39 Å². The molecule has 1 saturated heterocycles. The van der Waals surface area contributed by atoms with Gasteiger partial charge in [0.25, 0.3) is 0 Å². The maximum Gasteiger partial charge on any atom is 0.222 e. The summed E-state index contributed by atoms with van der Waals surface area (Å²) < 4.78 is 20.1. The highest BCUT2D eigenvalue weighted by molar-refractivity contribution is 6.31. The summed E-state index contributed by atoms with van der Waals surface area (Å²) in [4.78, 5) is 29.6. The summed E-state index contributed by atoms with van der Waals surface area (Å²) in [6, 6.07) is 1.78. The van der Waals surface area contributed by atoms with Crippen LogP contribution in [-0.4, -0.2) is 56.5 Å². The smallest absolute Gasteiger partial charge is 0.222 e. The number of nitrogens with one attached hydrogen (secondary N) is 1. The van der Waals surface area contributed by atoms with Crippen molar-refractivity contribution in [3.05, 3.63) is 41.2 Å². The van der Waals surface area contributed by atoms with Crippen molar-refractivity contribution in [3.63, 3.8) is 0 Å². The molecule has 0 aliphatic carbocycles. The Morgan fingerprint density at radius 3 is 3.10 bits per heavy atom. The zero-order valence-electron chi connectivity index (χ0n) is 16.0. The lowest BCUT2D eigenvalue weighted by Crippen LogP contribution is -2.45. The van der Waals surface area contributed by atoms with E-state index in [2.05, 4.69) is 19.9 Å². The van der Waals surface area contributed by atoms with E-state index in [1.165, 1.54) is 6.20 Å². The van der Waals surface area contributed by atoms with Crippen LogP contribution < -0.4 is 0 Å². The lowest BCUT2D eigenvalue weighted by molar-refractivity contribution is -0.138. The number of hydrogen-bond acceptors (Lipinski definition) is 5. The number of morpholine rings is 1. The number of aromatic nitrogens is 4. The molecule has 152 valence electrons. The Hall–Kier alpha value is -2.58. The third-order valence-electron chi connectivity index (χ3n) is 5.05. The average Bonchev–Trinajstić information content (AvgIpc) is 3.16. The molecule has 4 rings (SSSR count). The number of hydrogen-bond donors (Lipinski definition) is 1. The van der Waals surface area contributed by atoms with E-state index < -0.39 is 5.82 Å². The first-order chi connectivity index (χ1) is 14.0.